The van der Waals surface area contributed by atoms with E-state index in [0.29, 0.717) is 0 Å². The molecule has 4 rings (SSSR count). The molecule has 0 spiro atoms. The molecule has 1 fully saturated rings. The first-order valence-corrected chi connectivity index (χ1v) is 10.8. The molecule has 3 nitrogen and oxygen atoms in total. The predicted molar refractivity (Wildman–Crippen MR) is 124 cm³/mol. The minimum atomic E-state index is 0.0410. The maximum atomic E-state index is 12.5. The van der Waals surface area contributed by atoms with Crippen molar-refractivity contribution in [2.45, 2.75) is 39.3 Å². The molecule has 0 radical (unpaired) electrons. The van der Waals surface area contributed by atoms with Gasteiger partial charge in [-0.2, -0.15) is 0 Å². The Kier molecular flexibility index (Phi) is 6.29. The Labute approximate surface area is 179 Å². The molecule has 1 saturated heterocycles. The minimum absolute atomic E-state index is 0.0410. The summed E-state index contributed by atoms with van der Waals surface area (Å²) >= 11 is 0. The number of hydrogen-bond acceptors (Lipinski definition) is 2. The Bertz CT molecular complexity index is 1000. The number of nitrogens with one attached hydrogen (secondary N) is 1. The van der Waals surface area contributed by atoms with Crippen molar-refractivity contribution in [1.82, 2.24) is 10.2 Å². The van der Waals surface area contributed by atoms with E-state index < -0.39 is 0 Å². The summed E-state index contributed by atoms with van der Waals surface area (Å²) in [6.07, 6.45) is 1.99. The van der Waals surface area contributed by atoms with Gasteiger partial charge >= 0.3 is 0 Å². The molecule has 3 aromatic rings. The number of aryl methyl sites for hydroxylation is 2. The Morgan fingerprint density at radius 3 is 2.23 bits per heavy atom. The van der Waals surface area contributed by atoms with Gasteiger partial charge in [-0.05, 0) is 61.6 Å². The van der Waals surface area contributed by atoms with E-state index in [-0.39, 0.29) is 11.9 Å². The normalized spacial score (nSPS) is 15.1. The average Bonchev–Trinajstić information content (AvgIpc) is 2.76. The third-order valence-electron chi connectivity index (χ3n) is 5.92. The van der Waals surface area contributed by atoms with Gasteiger partial charge in [-0.25, -0.2) is 0 Å². The van der Waals surface area contributed by atoms with Crippen LogP contribution in [0.15, 0.2) is 72.8 Å². The number of hydrogen-bond donors (Lipinski definition) is 1. The Morgan fingerprint density at radius 2 is 1.53 bits per heavy atom. The minimum Gasteiger partial charge on any atom is -0.349 e. The van der Waals surface area contributed by atoms with Crippen molar-refractivity contribution in [3.8, 4) is 11.1 Å². The first-order chi connectivity index (χ1) is 14.6. The molecule has 1 N–H and O–H groups in total. The second-order valence-electron chi connectivity index (χ2n) is 8.46. The van der Waals surface area contributed by atoms with Crippen molar-refractivity contribution in [3.63, 3.8) is 0 Å². The van der Waals surface area contributed by atoms with Gasteiger partial charge in [0.15, 0.2) is 0 Å². The number of nitrogens with zero attached hydrogens (tertiary/aromatic N) is 1. The molecule has 0 unspecified atom stereocenters. The van der Waals surface area contributed by atoms with E-state index in [4.69, 9.17) is 0 Å². The van der Waals surface area contributed by atoms with Crippen LogP contribution in [0, 0.1) is 13.8 Å². The summed E-state index contributed by atoms with van der Waals surface area (Å²) in [5.41, 5.74) is 7.09. The van der Waals surface area contributed by atoms with Gasteiger partial charge in [-0.1, -0.05) is 65.7 Å². The molecule has 1 aliphatic rings. The molecule has 0 bridgehead atoms. The van der Waals surface area contributed by atoms with E-state index in [1.807, 2.05) is 31.2 Å². The summed E-state index contributed by atoms with van der Waals surface area (Å²) in [5, 5.41) is 3.21. The van der Waals surface area contributed by atoms with Crippen molar-refractivity contribution in [1.29, 1.82) is 0 Å². The van der Waals surface area contributed by atoms with E-state index in [1.165, 1.54) is 27.8 Å². The highest BCUT2D eigenvalue weighted by Crippen LogP contribution is 2.23. The van der Waals surface area contributed by atoms with Crippen molar-refractivity contribution in [2.75, 3.05) is 13.1 Å². The first kappa shape index (κ1) is 20.4. The van der Waals surface area contributed by atoms with E-state index in [1.54, 1.807) is 0 Å². The summed E-state index contributed by atoms with van der Waals surface area (Å²) in [6.45, 7) is 7.14. The van der Waals surface area contributed by atoms with E-state index in [2.05, 4.69) is 65.7 Å². The van der Waals surface area contributed by atoms with Gasteiger partial charge < -0.3 is 5.32 Å². The lowest BCUT2D eigenvalue weighted by molar-refractivity contribution is 0.0909. The topological polar surface area (TPSA) is 32.3 Å². The molecule has 1 aliphatic heterocycles. The highest BCUT2D eigenvalue weighted by Gasteiger charge is 2.21. The van der Waals surface area contributed by atoms with E-state index in [0.717, 1.165) is 38.0 Å². The lowest BCUT2D eigenvalue weighted by Crippen LogP contribution is -2.44. The number of benzene rings is 3. The van der Waals surface area contributed by atoms with Crippen LogP contribution in [0.25, 0.3) is 11.1 Å². The molecule has 3 heteroatoms. The van der Waals surface area contributed by atoms with Gasteiger partial charge in [-0.15, -0.1) is 0 Å². The molecule has 0 aromatic heterocycles. The van der Waals surface area contributed by atoms with Crippen LogP contribution in [0.1, 0.15) is 39.9 Å². The number of rotatable bonds is 5. The summed E-state index contributed by atoms with van der Waals surface area (Å²) in [5.74, 6) is 0.0410. The molecule has 154 valence electrons. The van der Waals surface area contributed by atoms with E-state index >= 15 is 0 Å². The number of amides is 1. The third kappa shape index (κ3) is 5.17. The fourth-order valence-electron chi connectivity index (χ4n) is 4.14. The first-order valence-electron chi connectivity index (χ1n) is 10.8. The van der Waals surface area contributed by atoms with Crippen LogP contribution in [0.4, 0.5) is 0 Å². The van der Waals surface area contributed by atoms with Gasteiger partial charge in [0, 0.05) is 31.2 Å². The molecule has 1 amide bonds. The molecule has 0 aliphatic carbocycles. The smallest absolute Gasteiger partial charge is 0.251 e. The quantitative estimate of drug-likeness (QED) is 0.627. The summed E-state index contributed by atoms with van der Waals surface area (Å²) in [7, 11) is 0. The van der Waals surface area contributed by atoms with Crippen LogP contribution >= 0.6 is 0 Å². The number of carbonyl (C=O) groups excluding carboxylic acids is 1. The zero-order valence-corrected chi connectivity index (χ0v) is 17.9. The zero-order valence-electron chi connectivity index (χ0n) is 17.9. The molecule has 3 aromatic carbocycles. The maximum absolute atomic E-state index is 12.5. The van der Waals surface area contributed by atoms with Crippen molar-refractivity contribution >= 4 is 5.91 Å². The van der Waals surface area contributed by atoms with Gasteiger partial charge in [-0.3, -0.25) is 9.69 Å². The summed E-state index contributed by atoms with van der Waals surface area (Å²) < 4.78 is 0. The van der Waals surface area contributed by atoms with E-state index in [9.17, 15) is 4.79 Å². The Morgan fingerprint density at radius 1 is 0.867 bits per heavy atom. The predicted octanol–water partition coefficient (Wildman–Crippen LogP) is 5.36. The Balaban J connectivity index is 1.31. The summed E-state index contributed by atoms with van der Waals surface area (Å²) in [4.78, 5) is 15.0. The van der Waals surface area contributed by atoms with Gasteiger partial charge in [0.05, 0.1) is 0 Å². The lowest BCUT2D eigenvalue weighted by atomic mass is 10.00. The second kappa shape index (κ2) is 9.27. The van der Waals surface area contributed by atoms with Crippen LogP contribution in [-0.2, 0) is 6.54 Å². The molecule has 1 heterocycles. The average molecular weight is 399 g/mol. The molecular weight excluding hydrogens is 368 g/mol. The van der Waals surface area contributed by atoms with Gasteiger partial charge in [0.1, 0.15) is 0 Å². The molecule has 0 atom stereocenters. The van der Waals surface area contributed by atoms with Crippen molar-refractivity contribution in [2.24, 2.45) is 0 Å². The largest absolute Gasteiger partial charge is 0.349 e. The summed E-state index contributed by atoms with van der Waals surface area (Å²) in [6, 6.07) is 25.6. The Hall–Kier alpha value is -2.91. The zero-order chi connectivity index (χ0) is 20.9. The molecule has 0 saturated carbocycles. The van der Waals surface area contributed by atoms with Crippen LogP contribution in [0.2, 0.25) is 0 Å². The molecule has 30 heavy (non-hydrogen) atoms. The van der Waals surface area contributed by atoms with Gasteiger partial charge in [0.2, 0.25) is 0 Å². The maximum Gasteiger partial charge on any atom is 0.251 e. The lowest BCUT2D eigenvalue weighted by Gasteiger charge is -2.32. The second-order valence-corrected chi connectivity index (χ2v) is 8.46. The van der Waals surface area contributed by atoms with Gasteiger partial charge in [0.25, 0.3) is 5.91 Å². The number of piperidine rings is 1. The fraction of sp³-hybridized carbons (Fsp3) is 0.296. The standard InChI is InChI=1S/C27H30N2O/c1-20-9-11-23(12-10-20)27(30)28-26-13-15-29(16-14-26)19-22-6-4-8-25(18-22)24-7-3-5-21(2)17-24/h3-12,17-18,26H,13-16,19H2,1-2H3,(H,28,30). The number of carbonyl (C=O) groups is 1. The monoisotopic (exact) mass is 398 g/mol. The highest BCUT2D eigenvalue weighted by molar-refractivity contribution is 5.94. The third-order valence-corrected chi connectivity index (χ3v) is 5.92. The fourth-order valence-corrected chi connectivity index (χ4v) is 4.14. The van der Waals surface area contributed by atoms with Crippen molar-refractivity contribution in [3.05, 3.63) is 95.1 Å². The molecular formula is C27H30N2O. The van der Waals surface area contributed by atoms with Crippen molar-refractivity contribution < 1.29 is 4.79 Å². The van der Waals surface area contributed by atoms with Crippen LogP contribution in [-0.4, -0.2) is 29.9 Å². The van der Waals surface area contributed by atoms with Crippen LogP contribution < -0.4 is 5.32 Å². The van der Waals surface area contributed by atoms with Crippen LogP contribution in [0.3, 0.4) is 0 Å². The number of likely N-dealkylation sites (tertiary alicyclic amines) is 1. The SMILES string of the molecule is Cc1ccc(C(=O)NC2CCN(Cc3cccc(-c4cccc(C)c4)c3)CC2)cc1. The van der Waals surface area contributed by atoms with Crippen LogP contribution in [0.5, 0.6) is 0 Å². The highest BCUT2D eigenvalue weighted by atomic mass is 16.1.